The van der Waals surface area contributed by atoms with E-state index < -0.39 is 5.54 Å². The Labute approximate surface area is 123 Å². The van der Waals surface area contributed by atoms with E-state index in [1.54, 1.807) is 0 Å². The van der Waals surface area contributed by atoms with Gasteiger partial charge in [0.2, 0.25) is 0 Å². The fourth-order valence-corrected chi connectivity index (χ4v) is 2.77. The van der Waals surface area contributed by atoms with Crippen LogP contribution in [-0.4, -0.2) is 37.4 Å². The van der Waals surface area contributed by atoms with Crippen molar-refractivity contribution in [3.63, 3.8) is 0 Å². The minimum Gasteiger partial charge on any atom is -0.465 e. The van der Waals surface area contributed by atoms with E-state index in [4.69, 9.17) is 9.47 Å². The molecule has 1 rings (SSSR count). The molecule has 0 aromatic heterocycles. The molecule has 4 nitrogen and oxygen atoms in total. The van der Waals surface area contributed by atoms with Crippen molar-refractivity contribution in [3.8, 4) is 0 Å². The minimum absolute atomic E-state index is 0.178. The smallest absolute Gasteiger partial charge is 0.326 e. The lowest BCUT2D eigenvalue weighted by molar-refractivity contribution is -0.151. The van der Waals surface area contributed by atoms with E-state index in [1.807, 2.05) is 20.8 Å². The lowest BCUT2D eigenvalue weighted by Crippen LogP contribution is -2.51. The second-order valence-corrected chi connectivity index (χ2v) is 6.09. The highest BCUT2D eigenvalue weighted by Crippen LogP contribution is 2.26. The molecule has 0 bridgehead atoms. The van der Waals surface area contributed by atoms with E-state index >= 15 is 0 Å². The van der Waals surface area contributed by atoms with Gasteiger partial charge in [0.05, 0.1) is 12.7 Å². The third-order valence-corrected chi connectivity index (χ3v) is 4.21. The summed E-state index contributed by atoms with van der Waals surface area (Å²) in [5, 5.41) is 3.23. The summed E-state index contributed by atoms with van der Waals surface area (Å²) in [6, 6.07) is 0. The van der Waals surface area contributed by atoms with Crippen LogP contribution in [0.25, 0.3) is 0 Å². The number of esters is 1. The van der Waals surface area contributed by atoms with Crippen LogP contribution < -0.4 is 5.32 Å². The van der Waals surface area contributed by atoms with Gasteiger partial charge >= 0.3 is 5.97 Å². The van der Waals surface area contributed by atoms with Crippen LogP contribution in [0.2, 0.25) is 0 Å². The van der Waals surface area contributed by atoms with Gasteiger partial charge in [0.15, 0.2) is 0 Å². The number of likely N-dealkylation sites (N-methyl/N-ethyl adjacent to an activating group) is 1. The molecule has 0 aromatic rings. The summed E-state index contributed by atoms with van der Waals surface area (Å²) in [7, 11) is 0. The van der Waals surface area contributed by atoms with Crippen LogP contribution in [0.5, 0.6) is 0 Å². The third kappa shape index (κ3) is 5.41. The highest BCUT2D eigenvalue weighted by atomic mass is 16.5. The Balaban J connectivity index is 2.36. The van der Waals surface area contributed by atoms with Gasteiger partial charge in [-0.3, -0.25) is 4.79 Å². The molecule has 1 N–H and O–H groups in total. The molecule has 20 heavy (non-hydrogen) atoms. The molecule has 0 amide bonds. The van der Waals surface area contributed by atoms with Crippen LogP contribution in [0.15, 0.2) is 0 Å². The standard InChI is InChI=1S/C16H31NO3/c1-5-17-16(4,15(18)19-6-2)11-12-20-14-9-7-13(3)8-10-14/h13-14,17H,5-12H2,1-4H3. The highest BCUT2D eigenvalue weighted by Gasteiger charge is 2.33. The summed E-state index contributed by atoms with van der Waals surface area (Å²) in [5.41, 5.74) is -0.632. The van der Waals surface area contributed by atoms with E-state index in [1.165, 1.54) is 12.8 Å². The van der Waals surface area contributed by atoms with Gasteiger partial charge in [-0.2, -0.15) is 0 Å². The largest absolute Gasteiger partial charge is 0.465 e. The van der Waals surface area contributed by atoms with Crippen molar-refractivity contribution in [2.45, 2.75) is 71.4 Å². The number of hydrogen-bond donors (Lipinski definition) is 1. The van der Waals surface area contributed by atoms with Crippen molar-refractivity contribution in [1.82, 2.24) is 5.32 Å². The number of rotatable bonds is 8. The topological polar surface area (TPSA) is 47.6 Å². The zero-order chi connectivity index (χ0) is 15.0. The Morgan fingerprint density at radius 3 is 2.45 bits per heavy atom. The van der Waals surface area contributed by atoms with Crippen LogP contribution in [0, 0.1) is 5.92 Å². The molecule has 0 radical (unpaired) electrons. The summed E-state index contributed by atoms with van der Waals surface area (Å²) in [6.07, 6.45) is 5.85. The fourth-order valence-electron chi connectivity index (χ4n) is 2.77. The summed E-state index contributed by atoms with van der Waals surface area (Å²) >= 11 is 0. The molecule has 118 valence electrons. The summed E-state index contributed by atoms with van der Waals surface area (Å²) in [5.74, 6) is 0.657. The van der Waals surface area contributed by atoms with Crippen LogP contribution in [0.3, 0.4) is 0 Å². The van der Waals surface area contributed by atoms with Gasteiger partial charge < -0.3 is 14.8 Å². The first-order valence-corrected chi connectivity index (χ1v) is 8.05. The maximum atomic E-state index is 12.0. The van der Waals surface area contributed by atoms with Crippen molar-refractivity contribution in [1.29, 1.82) is 0 Å². The molecule has 0 saturated heterocycles. The quantitative estimate of drug-likeness (QED) is 0.697. The number of hydrogen-bond acceptors (Lipinski definition) is 4. The predicted octanol–water partition coefficient (Wildman–Crippen LogP) is 2.90. The first kappa shape index (κ1) is 17.4. The molecular formula is C16H31NO3. The van der Waals surface area contributed by atoms with E-state index in [0.29, 0.717) is 25.7 Å². The van der Waals surface area contributed by atoms with Gasteiger partial charge in [-0.15, -0.1) is 0 Å². The maximum absolute atomic E-state index is 12.0. The first-order valence-electron chi connectivity index (χ1n) is 8.05. The SMILES string of the molecule is CCNC(C)(CCOC1CCC(C)CC1)C(=O)OCC. The summed E-state index contributed by atoms with van der Waals surface area (Å²) in [4.78, 5) is 12.0. The van der Waals surface area contributed by atoms with Crippen molar-refractivity contribution in [2.24, 2.45) is 5.92 Å². The number of ether oxygens (including phenoxy) is 2. The monoisotopic (exact) mass is 285 g/mol. The van der Waals surface area contributed by atoms with E-state index in [2.05, 4.69) is 12.2 Å². The predicted molar refractivity (Wildman–Crippen MR) is 80.7 cm³/mol. The lowest BCUT2D eigenvalue weighted by Gasteiger charge is -2.30. The van der Waals surface area contributed by atoms with Crippen molar-refractivity contribution in [3.05, 3.63) is 0 Å². The zero-order valence-electron chi connectivity index (χ0n) is 13.5. The van der Waals surface area contributed by atoms with Crippen molar-refractivity contribution in [2.75, 3.05) is 19.8 Å². The van der Waals surface area contributed by atoms with Crippen molar-refractivity contribution >= 4 is 5.97 Å². The second-order valence-electron chi connectivity index (χ2n) is 6.09. The molecule has 0 aliphatic heterocycles. The van der Waals surface area contributed by atoms with Gasteiger partial charge in [-0.05, 0) is 58.4 Å². The van der Waals surface area contributed by atoms with Gasteiger partial charge in [0.25, 0.3) is 0 Å². The summed E-state index contributed by atoms with van der Waals surface area (Å²) in [6.45, 7) is 9.82. The minimum atomic E-state index is -0.632. The summed E-state index contributed by atoms with van der Waals surface area (Å²) < 4.78 is 11.1. The number of carbonyl (C=O) groups excluding carboxylic acids is 1. The molecule has 0 heterocycles. The number of nitrogens with one attached hydrogen (secondary N) is 1. The van der Waals surface area contributed by atoms with Gasteiger partial charge in [0.1, 0.15) is 5.54 Å². The third-order valence-electron chi connectivity index (χ3n) is 4.21. The molecule has 1 atom stereocenters. The molecule has 1 aliphatic rings. The molecule has 1 fully saturated rings. The Hall–Kier alpha value is -0.610. The number of carbonyl (C=O) groups is 1. The van der Waals surface area contributed by atoms with Crippen LogP contribution in [0.1, 0.15) is 59.8 Å². The molecule has 1 saturated carbocycles. The van der Waals surface area contributed by atoms with Crippen LogP contribution in [-0.2, 0) is 14.3 Å². The Morgan fingerprint density at radius 1 is 1.25 bits per heavy atom. The average molecular weight is 285 g/mol. The fraction of sp³-hybridized carbons (Fsp3) is 0.938. The average Bonchev–Trinajstić information content (AvgIpc) is 2.41. The molecular weight excluding hydrogens is 254 g/mol. The lowest BCUT2D eigenvalue weighted by atomic mass is 9.89. The first-order chi connectivity index (χ1) is 9.51. The highest BCUT2D eigenvalue weighted by molar-refractivity contribution is 5.80. The van der Waals surface area contributed by atoms with Crippen LogP contribution >= 0.6 is 0 Å². The maximum Gasteiger partial charge on any atom is 0.326 e. The second kappa shape index (κ2) is 8.63. The van der Waals surface area contributed by atoms with E-state index in [9.17, 15) is 4.79 Å². The molecule has 0 spiro atoms. The van der Waals surface area contributed by atoms with Crippen LogP contribution in [0.4, 0.5) is 0 Å². The van der Waals surface area contributed by atoms with Gasteiger partial charge in [0, 0.05) is 6.61 Å². The van der Waals surface area contributed by atoms with Gasteiger partial charge in [-0.1, -0.05) is 13.8 Å². The van der Waals surface area contributed by atoms with E-state index in [0.717, 1.165) is 25.3 Å². The van der Waals surface area contributed by atoms with Crippen molar-refractivity contribution < 1.29 is 14.3 Å². The zero-order valence-corrected chi connectivity index (χ0v) is 13.5. The molecule has 0 aromatic carbocycles. The molecule has 4 heteroatoms. The Morgan fingerprint density at radius 2 is 1.90 bits per heavy atom. The normalized spacial score (nSPS) is 26.0. The van der Waals surface area contributed by atoms with E-state index in [-0.39, 0.29) is 5.97 Å². The van der Waals surface area contributed by atoms with Gasteiger partial charge in [-0.25, -0.2) is 0 Å². The molecule has 1 aliphatic carbocycles. The Bertz CT molecular complexity index is 287. The Kier molecular flexibility index (Phi) is 7.52. The molecule has 1 unspecified atom stereocenters.